The highest BCUT2D eigenvalue weighted by Crippen LogP contribution is 2.37. The maximum atomic E-state index is 13.9. The molecule has 0 bridgehead atoms. The van der Waals surface area contributed by atoms with Crippen LogP contribution in [0.25, 0.3) is 11.1 Å². The van der Waals surface area contributed by atoms with Crippen molar-refractivity contribution in [1.29, 1.82) is 0 Å². The highest BCUT2D eigenvalue weighted by molar-refractivity contribution is 6.31. The van der Waals surface area contributed by atoms with Gasteiger partial charge in [0.2, 0.25) is 0 Å². The molecule has 5 nitrogen and oxygen atoms in total. The van der Waals surface area contributed by atoms with E-state index in [1.54, 1.807) is 36.1 Å². The van der Waals surface area contributed by atoms with E-state index in [0.717, 1.165) is 48.8 Å². The van der Waals surface area contributed by atoms with Crippen LogP contribution in [-0.2, 0) is 4.79 Å². The van der Waals surface area contributed by atoms with Crippen molar-refractivity contribution >= 4 is 34.9 Å². The van der Waals surface area contributed by atoms with E-state index in [4.69, 9.17) is 11.6 Å². The molecule has 35 heavy (non-hydrogen) atoms. The summed E-state index contributed by atoms with van der Waals surface area (Å²) in [6, 6.07) is 19.5. The first-order valence-corrected chi connectivity index (χ1v) is 12.4. The minimum atomic E-state index is -0.741. The first-order valence-electron chi connectivity index (χ1n) is 12.1. The molecule has 0 radical (unpaired) electrons. The van der Waals surface area contributed by atoms with E-state index < -0.39 is 6.04 Å². The molecule has 1 aliphatic carbocycles. The number of halogens is 1. The summed E-state index contributed by atoms with van der Waals surface area (Å²) < 4.78 is 0. The SMILES string of the molecule is CC(=O)c1cccc(-c2ccc(C3C(=O)Nc4ccc(Cl)cc4C(=O)N3C3CCCCC3)cc2)c1. The van der Waals surface area contributed by atoms with Crippen LogP contribution in [0.15, 0.2) is 66.7 Å². The van der Waals surface area contributed by atoms with Gasteiger partial charge in [0, 0.05) is 16.6 Å². The van der Waals surface area contributed by atoms with Crippen molar-refractivity contribution in [3.63, 3.8) is 0 Å². The van der Waals surface area contributed by atoms with E-state index in [2.05, 4.69) is 5.32 Å². The van der Waals surface area contributed by atoms with Gasteiger partial charge in [-0.1, -0.05) is 73.3 Å². The van der Waals surface area contributed by atoms with Gasteiger partial charge < -0.3 is 10.2 Å². The molecule has 3 aromatic carbocycles. The molecule has 2 amide bonds. The van der Waals surface area contributed by atoms with Crippen molar-refractivity contribution in [1.82, 2.24) is 4.90 Å². The number of amides is 2. The highest BCUT2D eigenvalue weighted by atomic mass is 35.5. The lowest BCUT2D eigenvalue weighted by Gasteiger charge is -2.38. The normalized spacial score (nSPS) is 18.6. The minimum Gasteiger partial charge on any atom is -0.323 e. The number of hydrogen-bond donors (Lipinski definition) is 1. The molecule has 1 aliphatic heterocycles. The molecule has 0 spiro atoms. The second kappa shape index (κ2) is 9.67. The smallest absolute Gasteiger partial charge is 0.257 e. The van der Waals surface area contributed by atoms with Crippen molar-refractivity contribution in [2.45, 2.75) is 51.1 Å². The predicted octanol–water partition coefficient (Wildman–Crippen LogP) is 6.68. The van der Waals surface area contributed by atoms with E-state index in [0.29, 0.717) is 21.8 Å². The molecule has 0 aromatic heterocycles. The summed E-state index contributed by atoms with van der Waals surface area (Å²) in [5.41, 5.74) is 4.20. The van der Waals surface area contributed by atoms with Crippen molar-refractivity contribution in [3.8, 4) is 11.1 Å². The van der Waals surface area contributed by atoms with Crippen molar-refractivity contribution < 1.29 is 14.4 Å². The van der Waals surface area contributed by atoms with Gasteiger partial charge in [-0.2, -0.15) is 0 Å². The molecule has 0 saturated heterocycles. The molecule has 6 heteroatoms. The second-order valence-electron chi connectivity index (χ2n) is 9.34. The third-order valence-corrected chi connectivity index (χ3v) is 7.26. The van der Waals surface area contributed by atoms with Crippen LogP contribution in [-0.4, -0.2) is 28.5 Å². The van der Waals surface area contributed by atoms with Crippen LogP contribution in [0.1, 0.15) is 71.3 Å². The molecule has 2 aliphatic rings. The molecule has 1 heterocycles. The summed E-state index contributed by atoms with van der Waals surface area (Å²) in [7, 11) is 0. The van der Waals surface area contributed by atoms with E-state index in [9.17, 15) is 14.4 Å². The Morgan fingerprint density at radius 3 is 2.37 bits per heavy atom. The van der Waals surface area contributed by atoms with Gasteiger partial charge in [0.25, 0.3) is 11.8 Å². The maximum absolute atomic E-state index is 13.9. The van der Waals surface area contributed by atoms with E-state index in [1.807, 2.05) is 42.5 Å². The molecule has 1 fully saturated rings. The largest absolute Gasteiger partial charge is 0.323 e. The zero-order valence-electron chi connectivity index (χ0n) is 19.6. The molecule has 1 saturated carbocycles. The molecular weight excluding hydrogens is 460 g/mol. The highest BCUT2D eigenvalue weighted by Gasteiger charge is 2.40. The first-order chi connectivity index (χ1) is 16.9. The van der Waals surface area contributed by atoms with Gasteiger partial charge in [0.05, 0.1) is 11.3 Å². The van der Waals surface area contributed by atoms with Crippen molar-refractivity contribution in [3.05, 3.63) is 88.4 Å². The van der Waals surface area contributed by atoms with E-state index in [1.165, 1.54) is 0 Å². The monoisotopic (exact) mass is 486 g/mol. The Kier molecular flexibility index (Phi) is 6.44. The van der Waals surface area contributed by atoms with Crippen LogP contribution < -0.4 is 5.32 Å². The van der Waals surface area contributed by atoms with Gasteiger partial charge >= 0.3 is 0 Å². The lowest BCUT2D eigenvalue weighted by Crippen LogP contribution is -2.46. The Labute approximate surface area is 210 Å². The summed E-state index contributed by atoms with van der Waals surface area (Å²) in [5.74, 6) is -0.382. The number of fused-ring (bicyclic) bond motifs is 1. The summed E-state index contributed by atoms with van der Waals surface area (Å²) in [6.45, 7) is 1.55. The van der Waals surface area contributed by atoms with Crippen LogP contribution in [0.3, 0.4) is 0 Å². The summed E-state index contributed by atoms with van der Waals surface area (Å²) in [5, 5.41) is 3.43. The number of anilines is 1. The quantitative estimate of drug-likeness (QED) is 0.418. The number of rotatable bonds is 4. The number of carbonyl (C=O) groups excluding carboxylic acids is 3. The van der Waals surface area contributed by atoms with E-state index in [-0.39, 0.29) is 23.6 Å². The lowest BCUT2D eigenvalue weighted by atomic mass is 9.90. The maximum Gasteiger partial charge on any atom is 0.257 e. The molecule has 5 rings (SSSR count). The fourth-order valence-corrected chi connectivity index (χ4v) is 5.38. The third kappa shape index (κ3) is 4.61. The molecule has 3 aromatic rings. The van der Waals surface area contributed by atoms with Crippen molar-refractivity contribution in [2.24, 2.45) is 0 Å². The van der Waals surface area contributed by atoms with E-state index >= 15 is 0 Å². The Morgan fingerprint density at radius 2 is 1.66 bits per heavy atom. The number of Topliss-reactive ketones (excluding diaryl/α,β-unsaturated/α-hetero) is 1. The van der Waals surface area contributed by atoms with Crippen LogP contribution in [0.5, 0.6) is 0 Å². The standard InChI is InChI=1S/C29H27ClN2O3/c1-18(33)21-6-5-7-22(16-21)19-10-12-20(13-11-19)27-28(34)31-26-15-14-23(30)17-25(26)29(35)32(27)24-8-3-2-4-9-24/h5-7,10-17,24,27H,2-4,8-9H2,1H3,(H,31,34). The van der Waals surface area contributed by atoms with Crippen molar-refractivity contribution in [2.75, 3.05) is 5.32 Å². The number of nitrogens with zero attached hydrogens (tertiary/aromatic N) is 1. The summed E-state index contributed by atoms with van der Waals surface area (Å²) in [4.78, 5) is 41.0. The van der Waals surface area contributed by atoms with Gasteiger partial charge in [-0.05, 0) is 60.7 Å². The number of ketones is 1. The fourth-order valence-electron chi connectivity index (χ4n) is 5.21. The average molecular weight is 487 g/mol. The third-order valence-electron chi connectivity index (χ3n) is 7.03. The van der Waals surface area contributed by atoms with Gasteiger partial charge in [0.15, 0.2) is 5.78 Å². The average Bonchev–Trinajstić information content (AvgIpc) is 2.98. The Hall–Kier alpha value is -3.44. The molecule has 1 unspecified atom stereocenters. The lowest BCUT2D eigenvalue weighted by molar-refractivity contribution is -0.121. The predicted molar refractivity (Wildman–Crippen MR) is 138 cm³/mol. The zero-order chi connectivity index (χ0) is 24.5. The van der Waals surface area contributed by atoms with Crippen LogP contribution >= 0.6 is 11.6 Å². The minimum absolute atomic E-state index is 0.0103. The van der Waals surface area contributed by atoms with Gasteiger partial charge in [-0.15, -0.1) is 0 Å². The second-order valence-corrected chi connectivity index (χ2v) is 9.78. The fraction of sp³-hybridized carbons (Fsp3) is 0.276. The zero-order valence-corrected chi connectivity index (χ0v) is 20.3. The Balaban J connectivity index is 1.55. The van der Waals surface area contributed by atoms with Gasteiger partial charge in [-0.25, -0.2) is 0 Å². The Morgan fingerprint density at radius 1 is 0.914 bits per heavy atom. The van der Waals surface area contributed by atoms with Gasteiger partial charge in [0.1, 0.15) is 6.04 Å². The summed E-state index contributed by atoms with van der Waals surface area (Å²) >= 11 is 6.22. The molecule has 1 N–H and O–H groups in total. The molecule has 1 atom stereocenters. The number of nitrogens with one attached hydrogen (secondary N) is 1. The molecular formula is C29H27ClN2O3. The summed E-state index contributed by atoms with van der Waals surface area (Å²) in [6.07, 6.45) is 4.97. The van der Waals surface area contributed by atoms with Crippen LogP contribution in [0.2, 0.25) is 5.02 Å². The topological polar surface area (TPSA) is 66.5 Å². The first kappa shape index (κ1) is 23.3. The van der Waals surface area contributed by atoms with Crippen LogP contribution in [0.4, 0.5) is 5.69 Å². The number of benzene rings is 3. The van der Waals surface area contributed by atoms with Gasteiger partial charge in [-0.3, -0.25) is 14.4 Å². The Bertz CT molecular complexity index is 1300. The number of carbonyl (C=O) groups is 3. The van der Waals surface area contributed by atoms with Crippen LogP contribution in [0, 0.1) is 0 Å². The number of hydrogen-bond acceptors (Lipinski definition) is 3. The molecule has 178 valence electrons.